The average Bonchev–Trinajstić information content (AvgIpc) is 2.25. The van der Waals surface area contributed by atoms with Crippen molar-refractivity contribution in [1.29, 1.82) is 0 Å². The number of hydrogen-bond donors (Lipinski definition) is 1. The lowest BCUT2D eigenvalue weighted by molar-refractivity contribution is -0.390. The molecule has 0 radical (unpaired) electrons. The molecule has 0 saturated heterocycles. The zero-order chi connectivity index (χ0) is 15.5. The maximum absolute atomic E-state index is 13.4. The zero-order valence-electron chi connectivity index (χ0n) is 11.5. The smallest absolute Gasteiger partial charge is 0.258 e. The molecule has 1 atom stereocenters. The van der Waals surface area contributed by atoms with E-state index in [-0.39, 0.29) is 5.92 Å². The van der Waals surface area contributed by atoms with E-state index in [1.165, 1.54) is 0 Å². The number of nitrogens with one attached hydrogen (secondary N) is 1. The number of benzene rings is 1. The van der Waals surface area contributed by atoms with E-state index in [9.17, 15) is 22.9 Å². The van der Waals surface area contributed by atoms with Gasteiger partial charge in [-0.05, 0) is 31.4 Å². The van der Waals surface area contributed by atoms with Gasteiger partial charge in [-0.25, -0.2) is 13.1 Å². The molecule has 1 unspecified atom stereocenters. The molecule has 20 heavy (non-hydrogen) atoms. The Kier molecular flexibility index (Phi) is 5.18. The first-order valence-electron chi connectivity index (χ1n) is 6.10. The monoisotopic (exact) mass is 304 g/mol. The number of hydrogen-bond acceptors (Lipinski definition) is 4. The standard InChI is InChI=1S/C12H17FN2O4S/c1-8(2)7-9(3)14-20(18,19)11-6-4-5-10(13)12(11)15(16)17/h4-6,8-9,14H,7H2,1-3H3. The van der Waals surface area contributed by atoms with Gasteiger partial charge in [-0.15, -0.1) is 0 Å². The summed E-state index contributed by atoms with van der Waals surface area (Å²) in [6.45, 7) is 5.51. The van der Waals surface area contributed by atoms with Crippen LogP contribution in [0.2, 0.25) is 0 Å². The molecule has 1 N–H and O–H groups in total. The van der Waals surface area contributed by atoms with Gasteiger partial charge in [0, 0.05) is 6.04 Å². The van der Waals surface area contributed by atoms with Crippen LogP contribution in [0, 0.1) is 21.8 Å². The summed E-state index contributed by atoms with van der Waals surface area (Å²) < 4.78 is 40.0. The number of halogens is 1. The molecule has 0 aromatic heterocycles. The Morgan fingerprint density at radius 2 is 1.95 bits per heavy atom. The summed E-state index contributed by atoms with van der Waals surface area (Å²) >= 11 is 0. The molecule has 1 aromatic rings. The molecule has 6 nitrogen and oxygen atoms in total. The van der Waals surface area contributed by atoms with Gasteiger partial charge in [0.05, 0.1) is 4.92 Å². The van der Waals surface area contributed by atoms with Crippen LogP contribution in [-0.2, 0) is 10.0 Å². The summed E-state index contributed by atoms with van der Waals surface area (Å²) in [6, 6.07) is 2.60. The predicted molar refractivity (Wildman–Crippen MR) is 72.3 cm³/mol. The minimum absolute atomic E-state index is 0.259. The van der Waals surface area contributed by atoms with E-state index >= 15 is 0 Å². The second-order valence-corrected chi connectivity index (χ2v) is 6.68. The van der Waals surface area contributed by atoms with E-state index in [0.717, 1.165) is 18.2 Å². The van der Waals surface area contributed by atoms with Crippen LogP contribution in [-0.4, -0.2) is 19.4 Å². The van der Waals surface area contributed by atoms with Crippen molar-refractivity contribution >= 4 is 15.7 Å². The third-order valence-electron chi connectivity index (χ3n) is 2.60. The number of nitro benzene ring substituents is 1. The van der Waals surface area contributed by atoms with Crippen molar-refractivity contribution < 1.29 is 17.7 Å². The molecule has 0 aliphatic rings. The van der Waals surface area contributed by atoms with Gasteiger partial charge in [0.2, 0.25) is 15.8 Å². The van der Waals surface area contributed by atoms with Crippen LogP contribution in [0.5, 0.6) is 0 Å². The third-order valence-corrected chi connectivity index (χ3v) is 4.22. The number of rotatable bonds is 6. The molecule has 0 spiro atoms. The Bertz CT molecular complexity index is 601. The molecule has 1 rings (SSSR count). The van der Waals surface area contributed by atoms with Crippen LogP contribution >= 0.6 is 0 Å². The number of nitro groups is 1. The minimum Gasteiger partial charge on any atom is -0.258 e. The average molecular weight is 304 g/mol. The molecule has 0 saturated carbocycles. The summed E-state index contributed by atoms with van der Waals surface area (Å²) in [6.07, 6.45) is 0.572. The van der Waals surface area contributed by atoms with Crippen molar-refractivity contribution in [3.8, 4) is 0 Å². The normalized spacial score (nSPS) is 13.4. The van der Waals surface area contributed by atoms with E-state index in [1.54, 1.807) is 6.92 Å². The van der Waals surface area contributed by atoms with Gasteiger partial charge in [-0.1, -0.05) is 19.9 Å². The van der Waals surface area contributed by atoms with Crippen molar-refractivity contribution in [1.82, 2.24) is 4.72 Å². The summed E-state index contributed by atoms with van der Waals surface area (Å²) in [5.74, 6) is -0.912. The number of nitrogens with zero attached hydrogens (tertiary/aromatic N) is 1. The first kappa shape index (κ1) is 16.5. The number of para-hydroxylation sites is 1. The van der Waals surface area contributed by atoms with Gasteiger partial charge in [-0.2, -0.15) is 4.39 Å². The molecule has 1 aromatic carbocycles. The molecule has 112 valence electrons. The SMILES string of the molecule is CC(C)CC(C)NS(=O)(=O)c1cccc(F)c1[N+](=O)[O-]. The molecule has 8 heteroatoms. The Hall–Kier alpha value is -1.54. The second kappa shape index (κ2) is 6.27. The van der Waals surface area contributed by atoms with Crippen molar-refractivity contribution in [2.45, 2.75) is 38.1 Å². The Morgan fingerprint density at radius 1 is 1.35 bits per heavy atom. The highest BCUT2D eigenvalue weighted by atomic mass is 32.2. The lowest BCUT2D eigenvalue weighted by Gasteiger charge is -2.16. The van der Waals surface area contributed by atoms with Crippen LogP contribution in [0.3, 0.4) is 0 Å². The van der Waals surface area contributed by atoms with Crippen LogP contribution in [0.15, 0.2) is 23.1 Å². The summed E-state index contributed by atoms with van der Waals surface area (Å²) in [5, 5.41) is 10.8. The Labute approximate surface area is 117 Å². The highest BCUT2D eigenvalue weighted by Crippen LogP contribution is 2.26. The largest absolute Gasteiger partial charge is 0.324 e. The molecular formula is C12H17FN2O4S. The van der Waals surface area contributed by atoms with Crippen molar-refractivity contribution in [3.05, 3.63) is 34.1 Å². The maximum Gasteiger partial charge on any atom is 0.324 e. The van der Waals surface area contributed by atoms with Crippen LogP contribution in [0.1, 0.15) is 27.2 Å². The number of sulfonamides is 1. The van der Waals surface area contributed by atoms with Crippen LogP contribution in [0.4, 0.5) is 10.1 Å². The van der Waals surface area contributed by atoms with Crippen molar-refractivity contribution in [2.75, 3.05) is 0 Å². The third kappa shape index (κ3) is 3.97. The molecule has 0 amide bonds. The summed E-state index contributed by atoms with van der Waals surface area (Å²) in [4.78, 5) is 9.14. The van der Waals surface area contributed by atoms with Crippen molar-refractivity contribution in [3.63, 3.8) is 0 Å². The van der Waals surface area contributed by atoms with Crippen molar-refractivity contribution in [2.24, 2.45) is 5.92 Å². The summed E-state index contributed by atoms with van der Waals surface area (Å²) in [7, 11) is -4.13. The molecule has 0 aliphatic carbocycles. The molecule has 0 bridgehead atoms. The molecule has 0 heterocycles. The quantitative estimate of drug-likeness (QED) is 0.645. The Morgan fingerprint density at radius 3 is 2.45 bits per heavy atom. The second-order valence-electron chi connectivity index (χ2n) is 5.00. The predicted octanol–water partition coefficient (Wildman–Crippen LogP) is 2.45. The lowest BCUT2D eigenvalue weighted by atomic mass is 10.1. The van der Waals surface area contributed by atoms with Crippen LogP contribution in [0.25, 0.3) is 0 Å². The first-order valence-corrected chi connectivity index (χ1v) is 7.58. The molecule has 0 fully saturated rings. The van der Waals surface area contributed by atoms with E-state index in [4.69, 9.17) is 0 Å². The minimum atomic E-state index is -4.13. The fourth-order valence-corrected chi connectivity index (χ4v) is 3.41. The molecular weight excluding hydrogens is 287 g/mol. The van der Waals surface area contributed by atoms with Gasteiger partial charge >= 0.3 is 5.69 Å². The van der Waals surface area contributed by atoms with Gasteiger partial charge in [0.25, 0.3) is 0 Å². The van der Waals surface area contributed by atoms with E-state index in [2.05, 4.69) is 4.72 Å². The van der Waals surface area contributed by atoms with Gasteiger partial charge in [0.1, 0.15) is 0 Å². The van der Waals surface area contributed by atoms with E-state index in [0.29, 0.717) is 6.42 Å². The lowest BCUT2D eigenvalue weighted by Crippen LogP contribution is -2.34. The first-order chi connectivity index (χ1) is 9.15. The summed E-state index contributed by atoms with van der Waals surface area (Å²) in [5.41, 5.74) is -1.03. The topological polar surface area (TPSA) is 89.3 Å². The van der Waals surface area contributed by atoms with E-state index in [1.807, 2.05) is 13.8 Å². The van der Waals surface area contributed by atoms with Gasteiger partial charge in [-0.3, -0.25) is 10.1 Å². The van der Waals surface area contributed by atoms with E-state index < -0.39 is 37.4 Å². The zero-order valence-corrected chi connectivity index (χ0v) is 12.3. The highest BCUT2D eigenvalue weighted by molar-refractivity contribution is 7.89. The van der Waals surface area contributed by atoms with Gasteiger partial charge < -0.3 is 0 Å². The van der Waals surface area contributed by atoms with Gasteiger partial charge in [0.15, 0.2) is 4.90 Å². The fourth-order valence-electron chi connectivity index (χ4n) is 1.97. The maximum atomic E-state index is 13.4. The molecule has 0 aliphatic heterocycles. The Balaban J connectivity index is 3.17. The fraction of sp³-hybridized carbons (Fsp3) is 0.500. The highest BCUT2D eigenvalue weighted by Gasteiger charge is 2.30. The van der Waals surface area contributed by atoms with Crippen LogP contribution < -0.4 is 4.72 Å².